The number of aryl methyl sites for hydroxylation is 2. The van der Waals surface area contributed by atoms with Crippen LogP contribution in [0.3, 0.4) is 0 Å². The zero-order valence-electron chi connectivity index (χ0n) is 16.2. The average molecular weight is 349 g/mol. The monoisotopic (exact) mass is 348 g/mol. The molecule has 1 rings (SSSR count). The molecule has 0 radical (unpaired) electrons. The Morgan fingerprint density at radius 3 is 1.96 bits per heavy atom. The van der Waals surface area contributed by atoms with Crippen LogP contribution in [0.25, 0.3) is 0 Å². The fourth-order valence-electron chi connectivity index (χ4n) is 2.80. The highest BCUT2D eigenvalue weighted by molar-refractivity contribution is 7.80. The molecule has 0 aliphatic rings. The smallest absolute Gasteiger partial charge is 0.173 e. The molecule has 24 heavy (non-hydrogen) atoms. The quantitative estimate of drug-likeness (QED) is 0.365. The first-order valence-electron chi connectivity index (χ1n) is 9.71. The van der Waals surface area contributed by atoms with Crippen molar-refractivity contribution in [2.75, 3.05) is 18.4 Å². The third-order valence-corrected chi connectivity index (χ3v) is 4.97. The van der Waals surface area contributed by atoms with Crippen LogP contribution in [-0.4, -0.2) is 23.1 Å². The molecule has 0 atom stereocenters. The third-order valence-electron chi connectivity index (χ3n) is 4.61. The number of hydrogen-bond donors (Lipinski definition) is 1. The van der Waals surface area contributed by atoms with Gasteiger partial charge in [-0.3, -0.25) is 0 Å². The Labute approximate surface area is 155 Å². The van der Waals surface area contributed by atoms with E-state index in [-0.39, 0.29) is 0 Å². The van der Waals surface area contributed by atoms with Crippen molar-refractivity contribution in [3.63, 3.8) is 0 Å². The molecule has 0 aromatic heterocycles. The van der Waals surface area contributed by atoms with E-state index in [1.54, 1.807) is 0 Å². The Balaban J connectivity index is 2.57. The number of unbranched alkanes of at least 4 members (excludes halogenated alkanes) is 6. The average Bonchev–Trinajstić information content (AvgIpc) is 2.56. The number of benzene rings is 1. The van der Waals surface area contributed by atoms with Crippen LogP contribution in [0.4, 0.5) is 5.69 Å². The van der Waals surface area contributed by atoms with E-state index in [2.05, 4.69) is 56.1 Å². The SMILES string of the molecule is CCCCCCN(CCCCCC)C(=S)Nc1ccc(C)c(C)c1. The number of anilines is 1. The molecule has 1 aromatic carbocycles. The van der Waals surface area contributed by atoms with Crippen LogP contribution < -0.4 is 5.32 Å². The van der Waals surface area contributed by atoms with Gasteiger partial charge in [-0.15, -0.1) is 0 Å². The Morgan fingerprint density at radius 2 is 1.46 bits per heavy atom. The highest BCUT2D eigenvalue weighted by Crippen LogP contribution is 2.15. The largest absolute Gasteiger partial charge is 0.349 e. The molecule has 3 heteroatoms. The van der Waals surface area contributed by atoms with Crippen LogP contribution in [0, 0.1) is 13.8 Å². The summed E-state index contributed by atoms with van der Waals surface area (Å²) in [6.45, 7) is 11.0. The second kappa shape index (κ2) is 12.3. The molecule has 0 aliphatic carbocycles. The van der Waals surface area contributed by atoms with Gasteiger partial charge >= 0.3 is 0 Å². The summed E-state index contributed by atoms with van der Waals surface area (Å²) in [7, 11) is 0. The van der Waals surface area contributed by atoms with Gasteiger partial charge in [0.2, 0.25) is 0 Å². The van der Waals surface area contributed by atoms with Crippen LogP contribution in [0.5, 0.6) is 0 Å². The molecule has 1 aromatic rings. The van der Waals surface area contributed by atoms with E-state index in [4.69, 9.17) is 12.2 Å². The maximum Gasteiger partial charge on any atom is 0.173 e. The van der Waals surface area contributed by atoms with Crippen molar-refractivity contribution in [2.24, 2.45) is 0 Å². The summed E-state index contributed by atoms with van der Waals surface area (Å²) in [6, 6.07) is 6.47. The summed E-state index contributed by atoms with van der Waals surface area (Å²) in [6.07, 6.45) is 10.3. The molecule has 0 amide bonds. The lowest BCUT2D eigenvalue weighted by atomic mass is 10.1. The second-order valence-corrected chi connectivity index (χ2v) is 7.22. The zero-order chi connectivity index (χ0) is 17.8. The first kappa shape index (κ1) is 21.0. The van der Waals surface area contributed by atoms with Crippen molar-refractivity contribution >= 4 is 23.0 Å². The van der Waals surface area contributed by atoms with E-state index < -0.39 is 0 Å². The molecule has 0 aliphatic heterocycles. The molecule has 136 valence electrons. The Bertz CT molecular complexity index is 473. The summed E-state index contributed by atoms with van der Waals surface area (Å²) in [5.74, 6) is 0. The Kier molecular flexibility index (Phi) is 10.7. The normalized spacial score (nSPS) is 10.7. The number of nitrogens with zero attached hydrogens (tertiary/aromatic N) is 1. The number of thiocarbonyl (C=S) groups is 1. The van der Waals surface area contributed by atoms with Crippen LogP contribution in [0.1, 0.15) is 76.3 Å². The van der Waals surface area contributed by atoms with Gasteiger partial charge in [-0.1, -0.05) is 58.4 Å². The summed E-state index contributed by atoms with van der Waals surface area (Å²) in [5.41, 5.74) is 3.73. The van der Waals surface area contributed by atoms with Gasteiger partial charge in [0, 0.05) is 18.8 Å². The predicted molar refractivity (Wildman–Crippen MR) is 112 cm³/mol. The van der Waals surface area contributed by atoms with E-state index >= 15 is 0 Å². The maximum absolute atomic E-state index is 5.70. The van der Waals surface area contributed by atoms with Gasteiger partial charge in [-0.25, -0.2) is 0 Å². The van der Waals surface area contributed by atoms with Crippen molar-refractivity contribution in [3.8, 4) is 0 Å². The Hall–Kier alpha value is -1.09. The molecule has 0 unspecified atom stereocenters. The summed E-state index contributed by atoms with van der Waals surface area (Å²) < 4.78 is 0. The highest BCUT2D eigenvalue weighted by Gasteiger charge is 2.10. The van der Waals surface area contributed by atoms with Crippen molar-refractivity contribution in [2.45, 2.75) is 79.1 Å². The van der Waals surface area contributed by atoms with E-state index in [0.29, 0.717) is 0 Å². The molecule has 0 saturated heterocycles. The van der Waals surface area contributed by atoms with Crippen LogP contribution in [-0.2, 0) is 0 Å². The maximum atomic E-state index is 5.70. The lowest BCUT2D eigenvalue weighted by Gasteiger charge is -2.26. The van der Waals surface area contributed by atoms with Crippen LogP contribution in [0.15, 0.2) is 18.2 Å². The minimum Gasteiger partial charge on any atom is -0.349 e. The van der Waals surface area contributed by atoms with E-state index in [9.17, 15) is 0 Å². The molecular weight excluding hydrogens is 312 g/mol. The van der Waals surface area contributed by atoms with Crippen molar-refractivity contribution in [3.05, 3.63) is 29.3 Å². The fraction of sp³-hybridized carbons (Fsp3) is 0.667. The topological polar surface area (TPSA) is 15.3 Å². The predicted octanol–water partition coefficient (Wildman–Crippen LogP) is 6.46. The minimum atomic E-state index is 0.881. The molecule has 0 fully saturated rings. The van der Waals surface area contributed by atoms with Crippen molar-refractivity contribution < 1.29 is 0 Å². The molecule has 1 N–H and O–H groups in total. The van der Waals surface area contributed by atoms with Crippen molar-refractivity contribution in [1.82, 2.24) is 4.90 Å². The zero-order valence-corrected chi connectivity index (χ0v) is 17.0. The van der Waals surface area contributed by atoms with Gasteiger partial charge in [0.15, 0.2) is 5.11 Å². The van der Waals surface area contributed by atoms with Crippen LogP contribution >= 0.6 is 12.2 Å². The number of nitrogens with one attached hydrogen (secondary N) is 1. The summed E-state index contributed by atoms with van der Waals surface area (Å²) >= 11 is 5.70. The van der Waals surface area contributed by atoms with Gasteiger partial charge in [0.05, 0.1) is 0 Å². The number of hydrogen-bond acceptors (Lipinski definition) is 1. The standard InChI is InChI=1S/C21H36N2S/c1-5-7-9-11-15-23(16-12-10-8-6-2)21(24)22-20-14-13-18(3)19(4)17-20/h13-14,17H,5-12,15-16H2,1-4H3,(H,22,24). The fourth-order valence-corrected chi connectivity index (χ4v) is 3.10. The first-order valence-corrected chi connectivity index (χ1v) is 10.1. The summed E-state index contributed by atoms with van der Waals surface area (Å²) in [5, 5.41) is 4.33. The van der Waals surface area contributed by atoms with E-state index in [1.807, 2.05) is 0 Å². The van der Waals surface area contributed by atoms with E-state index in [1.165, 1.54) is 62.5 Å². The summed E-state index contributed by atoms with van der Waals surface area (Å²) in [4.78, 5) is 2.37. The third kappa shape index (κ3) is 8.14. The van der Waals surface area contributed by atoms with Crippen molar-refractivity contribution in [1.29, 1.82) is 0 Å². The number of rotatable bonds is 11. The first-order chi connectivity index (χ1) is 11.6. The Morgan fingerprint density at radius 1 is 0.875 bits per heavy atom. The molecule has 0 heterocycles. The lowest BCUT2D eigenvalue weighted by molar-refractivity contribution is 0.391. The van der Waals surface area contributed by atoms with Gasteiger partial charge in [-0.05, 0) is 62.2 Å². The van der Waals surface area contributed by atoms with Gasteiger partial charge in [0.1, 0.15) is 0 Å². The minimum absolute atomic E-state index is 0.881. The molecule has 0 bridgehead atoms. The van der Waals surface area contributed by atoms with Crippen LogP contribution in [0.2, 0.25) is 0 Å². The highest BCUT2D eigenvalue weighted by atomic mass is 32.1. The second-order valence-electron chi connectivity index (χ2n) is 6.84. The lowest BCUT2D eigenvalue weighted by Crippen LogP contribution is -2.36. The van der Waals surface area contributed by atoms with Gasteiger partial charge < -0.3 is 10.2 Å². The molecular formula is C21H36N2S. The van der Waals surface area contributed by atoms with Gasteiger partial charge in [-0.2, -0.15) is 0 Å². The van der Waals surface area contributed by atoms with Gasteiger partial charge in [0.25, 0.3) is 0 Å². The molecule has 0 spiro atoms. The van der Waals surface area contributed by atoms with E-state index in [0.717, 1.165) is 23.9 Å². The molecule has 0 saturated carbocycles. The molecule has 2 nitrogen and oxygen atoms in total.